The number of aryl methyl sites for hydroxylation is 1. The molecule has 7 nitrogen and oxygen atoms in total. The van der Waals surface area contributed by atoms with E-state index < -0.39 is 5.91 Å². The smallest absolute Gasteiger partial charge is 0.259 e. The van der Waals surface area contributed by atoms with Gasteiger partial charge in [0.1, 0.15) is 34.6 Å². The Bertz CT molecular complexity index is 1090. The number of nitrogens with one attached hydrogen (secondary N) is 1. The topological polar surface area (TPSA) is 99.4 Å². The number of thiophene rings is 1. The van der Waals surface area contributed by atoms with Gasteiger partial charge in [-0.1, -0.05) is 0 Å². The Morgan fingerprint density at radius 3 is 2.87 bits per heavy atom. The molecule has 0 spiro atoms. The minimum absolute atomic E-state index is 0.0548. The van der Waals surface area contributed by atoms with Crippen molar-refractivity contribution >= 4 is 39.0 Å². The number of nitrogens with zero attached hydrogens (tertiary/aromatic N) is 2. The van der Waals surface area contributed by atoms with E-state index in [-0.39, 0.29) is 18.0 Å². The van der Waals surface area contributed by atoms with Crippen molar-refractivity contribution in [1.29, 1.82) is 0 Å². The molecule has 9 heteroatoms. The van der Waals surface area contributed by atoms with Crippen molar-refractivity contribution in [3.8, 4) is 5.75 Å². The van der Waals surface area contributed by atoms with Crippen molar-refractivity contribution in [3.05, 3.63) is 40.8 Å². The van der Waals surface area contributed by atoms with E-state index in [1.807, 2.05) is 6.92 Å². The van der Waals surface area contributed by atoms with Crippen LogP contribution in [0.5, 0.6) is 5.75 Å². The second-order valence-electron chi connectivity index (χ2n) is 7.35. The monoisotopic (exact) mass is 430 g/mol. The Hall–Kier alpha value is -2.78. The fourth-order valence-electron chi connectivity index (χ4n) is 3.83. The molecule has 158 valence electrons. The normalized spacial score (nSPS) is 19.0. The quantitative estimate of drug-likeness (QED) is 0.604. The lowest BCUT2D eigenvalue weighted by molar-refractivity contribution is 0.0211. The fourth-order valence-corrected chi connectivity index (χ4v) is 4.83. The van der Waals surface area contributed by atoms with Crippen molar-refractivity contribution in [3.63, 3.8) is 0 Å². The van der Waals surface area contributed by atoms with Crippen molar-refractivity contribution < 1.29 is 18.7 Å². The molecule has 1 amide bonds. The van der Waals surface area contributed by atoms with Gasteiger partial charge in [-0.15, -0.1) is 11.3 Å². The maximum absolute atomic E-state index is 14.0. The lowest BCUT2D eigenvalue weighted by atomic mass is 9.95. The van der Waals surface area contributed by atoms with E-state index in [2.05, 4.69) is 15.3 Å². The molecule has 3 aromatic rings. The first-order valence-corrected chi connectivity index (χ1v) is 10.6. The molecule has 2 unspecified atom stereocenters. The molecule has 1 saturated carbocycles. The zero-order valence-corrected chi connectivity index (χ0v) is 17.6. The van der Waals surface area contributed by atoms with Gasteiger partial charge in [-0.25, -0.2) is 14.4 Å². The van der Waals surface area contributed by atoms with Crippen LogP contribution in [0.15, 0.2) is 24.5 Å². The number of methoxy groups -OCH3 is 1. The van der Waals surface area contributed by atoms with Gasteiger partial charge in [-0.3, -0.25) is 4.79 Å². The SMILES string of the molecule is COC1CCCC(Oc2cc(F)ccc2Nc2ncnc3sc(C(N)=O)c(C)c23)C1. The molecule has 1 aliphatic rings. The molecule has 0 bridgehead atoms. The average Bonchev–Trinajstić information content (AvgIpc) is 3.08. The molecule has 2 aromatic heterocycles. The Kier molecular flexibility index (Phi) is 5.83. The number of aromatic nitrogens is 2. The highest BCUT2D eigenvalue weighted by Gasteiger charge is 2.24. The number of ether oxygens (including phenoxy) is 2. The van der Waals surface area contributed by atoms with Gasteiger partial charge in [0, 0.05) is 19.6 Å². The van der Waals surface area contributed by atoms with E-state index in [1.54, 1.807) is 13.2 Å². The number of anilines is 2. The van der Waals surface area contributed by atoms with Crippen molar-refractivity contribution in [2.45, 2.75) is 44.8 Å². The number of carbonyl (C=O) groups excluding carboxylic acids is 1. The first-order valence-electron chi connectivity index (χ1n) is 9.76. The molecule has 3 N–H and O–H groups in total. The van der Waals surface area contributed by atoms with Gasteiger partial charge >= 0.3 is 0 Å². The summed E-state index contributed by atoms with van der Waals surface area (Å²) in [6, 6.07) is 4.35. The number of halogens is 1. The maximum atomic E-state index is 14.0. The molecule has 2 atom stereocenters. The fraction of sp³-hybridized carbons (Fsp3) is 0.381. The number of fused-ring (bicyclic) bond motifs is 1. The third-order valence-corrected chi connectivity index (χ3v) is 6.57. The largest absolute Gasteiger partial charge is 0.488 e. The number of rotatable bonds is 6. The molecular weight excluding hydrogens is 407 g/mol. The highest BCUT2D eigenvalue weighted by atomic mass is 32.1. The predicted octanol–water partition coefficient (Wildman–Crippen LogP) is 4.32. The van der Waals surface area contributed by atoms with Gasteiger partial charge in [0.15, 0.2) is 0 Å². The van der Waals surface area contributed by atoms with Crippen LogP contribution in [-0.4, -0.2) is 35.2 Å². The number of hydrogen-bond acceptors (Lipinski definition) is 7. The molecule has 1 aromatic carbocycles. The molecule has 0 radical (unpaired) electrons. The Morgan fingerprint density at radius 1 is 1.30 bits per heavy atom. The van der Waals surface area contributed by atoms with Crippen LogP contribution in [-0.2, 0) is 4.74 Å². The van der Waals surface area contributed by atoms with Crippen LogP contribution in [0.4, 0.5) is 15.9 Å². The number of benzene rings is 1. The molecule has 2 heterocycles. The van der Waals surface area contributed by atoms with Crippen molar-refractivity contribution in [2.24, 2.45) is 5.73 Å². The molecule has 4 rings (SSSR count). The number of primary amides is 1. The Morgan fingerprint density at radius 2 is 2.10 bits per heavy atom. The average molecular weight is 431 g/mol. The third kappa shape index (κ3) is 4.08. The number of carbonyl (C=O) groups is 1. The summed E-state index contributed by atoms with van der Waals surface area (Å²) in [6.45, 7) is 1.81. The summed E-state index contributed by atoms with van der Waals surface area (Å²) in [7, 11) is 1.70. The zero-order chi connectivity index (χ0) is 21.3. The summed E-state index contributed by atoms with van der Waals surface area (Å²) in [5, 5.41) is 3.94. The van der Waals surface area contributed by atoms with Crippen LogP contribution in [0.1, 0.15) is 40.9 Å². The molecule has 1 fully saturated rings. The maximum Gasteiger partial charge on any atom is 0.259 e. The van der Waals surface area contributed by atoms with Gasteiger partial charge in [0.25, 0.3) is 5.91 Å². The van der Waals surface area contributed by atoms with Gasteiger partial charge in [0.2, 0.25) is 0 Å². The van der Waals surface area contributed by atoms with Gasteiger partial charge in [0.05, 0.1) is 22.1 Å². The number of nitrogens with two attached hydrogens (primary N) is 1. The summed E-state index contributed by atoms with van der Waals surface area (Å²) < 4.78 is 25.6. The van der Waals surface area contributed by atoms with Gasteiger partial charge < -0.3 is 20.5 Å². The summed E-state index contributed by atoms with van der Waals surface area (Å²) in [4.78, 5) is 21.4. The second kappa shape index (κ2) is 8.53. The highest BCUT2D eigenvalue weighted by molar-refractivity contribution is 7.20. The summed E-state index contributed by atoms with van der Waals surface area (Å²) >= 11 is 1.22. The lowest BCUT2D eigenvalue weighted by Crippen LogP contribution is -2.29. The molecule has 30 heavy (non-hydrogen) atoms. The second-order valence-corrected chi connectivity index (χ2v) is 8.35. The van der Waals surface area contributed by atoms with E-state index in [1.165, 1.54) is 29.8 Å². The van der Waals surface area contributed by atoms with E-state index >= 15 is 0 Å². The third-order valence-electron chi connectivity index (χ3n) is 5.35. The Labute approximate surface area is 177 Å². The van der Waals surface area contributed by atoms with Crippen molar-refractivity contribution in [1.82, 2.24) is 9.97 Å². The van der Waals surface area contributed by atoms with Crippen LogP contribution < -0.4 is 15.8 Å². The first-order chi connectivity index (χ1) is 14.5. The van der Waals surface area contributed by atoms with E-state index in [9.17, 15) is 9.18 Å². The highest BCUT2D eigenvalue weighted by Crippen LogP contribution is 2.37. The van der Waals surface area contributed by atoms with E-state index in [0.29, 0.717) is 37.9 Å². The zero-order valence-electron chi connectivity index (χ0n) is 16.8. The van der Waals surface area contributed by atoms with Crippen LogP contribution in [0.3, 0.4) is 0 Å². The molecule has 0 aliphatic heterocycles. The number of hydrogen-bond donors (Lipinski definition) is 2. The summed E-state index contributed by atoms with van der Waals surface area (Å²) in [6.07, 6.45) is 5.16. The minimum atomic E-state index is -0.503. The summed E-state index contributed by atoms with van der Waals surface area (Å²) in [5.74, 6) is 0.0325. The first kappa shape index (κ1) is 20.5. The van der Waals surface area contributed by atoms with Crippen molar-refractivity contribution in [2.75, 3.05) is 12.4 Å². The Balaban J connectivity index is 1.66. The summed E-state index contributed by atoms with van der Waals surface area (Å²) in [5.41, 5.74) is 6.78. The molecule has 0 saturated heterocycles. The standard InChI is InChI=1S/C21H23FN4O3S/c1-11-17-20(24-10-25-21(17)30-18(11)19(23)27)26-15-7-6-12(22)8-16(15)29-14-5-3-4-13(9-14)28-2/h6-8,10,13-14H,3-5,9H2,1-2H3,(H2,23,27)(H,24,25,26). The van der Waals surface area contributed by atoms with E-state index in [0.717, 1.165) is 25.7 Å². The van der Waals surface area contributed by atoms with E-state index in [4.69, 9.17) is 15.2 Å². The lowest BCUT2D eigenvalue weighted by Gasteiger charge is -2.29. The van der Waals surface area contributed by atoms with Gasteiger partial charge in [-0.2, -0.15) is 0 Å². The number of amides is 1. The minimum Gasteiger partial charge on any atom is -0.488 e. The predicted molar refractivity (Wildman–Crippen MR) is 114 cm³/mol. The van der Waals surface area contributed by atoms with Crippen LogP contribution in [0.2, 0.25) is 0 Å². The van der Waals surface area contributed by atoms with Crippen LogP contribution >= 0.6 is 11.3 Å². The van der Waals surface area contributed by atoms with Crippen LogP contribution in [0, 0.1) is 12.7 Å². The van der Waals surface area contributed by atoms with Gasteiger partial charge in [-0.05, 0) is 43.9 Å². The molecular formula is C21H23FN4O3S. The molecule has 1 aliphatic carbocycles. The van der Waals surface area contributed by atoms with Crippen LogP contribution in [0.25, 0.3) is 10.2 Å².